The van der Waals surface area contributed by atoms with E-state index < -0.39 is 22.9 Å². The van der Waals surface area contributed by atoms with E-state index in [4.69, 9.17) is 0 Å². The van der Waals surface area contributed by atoms with Crippen LogP contribution < -0.4 is 10.9 Å². The minimum atomic E-state index is -4.59. The first-order chi connectivity index (χ1) is 16.2. The Morgan fingerprint density at radius 1 is 1.12 bits per heavy atom. The molecule has 0 aliphatic carbocycles. The number of hydrogen-bond acceptors (Lipinski definition) is 5. The van der Waals surface area contributed by atoms with Crippen molar-refractivity contribution in [3.63, 3.8) is 0 Å². The Hall–Kier alpha value is -3.34. The standard InChI is InChI=1S/C23H22F3N5O2S/c1-3-4-13-30-20(33)15-9-5-8-12-18(15)31-21(30)28-29-22(31)34-14(2)19(32)27-17-11-7-6-10-16(17)23(24,25)26/h5-12,14H,3-4,13H2,1-2H3,(H,27,32). The molecule has 0 aliphatic heterocycles. The summed E-state index contributed by atoms with van der Waals surface area (Å²) in [6.07, 6.45) is -2.93. The van der Waals surface area contributed by atoms with Crippen LogP contribution >= 0.6 is 11.8 Å². The van der Waals surface area contributed by atoms with Crippen LogP contribution in [0.25, 0.3) is 16.7 Å². The third kappa shape index (κ3) is 4.52. The number of aryl methyl sites for hydroxylation is 1. The summed E-state index contributed by atoms with van der Waals surface area (Å²) < 4.78 is 43.1. The maximum atomic E-state index is 13.3. The number of aromatic nitrogens is 4. The molecule has 1 N–H and O–H groups in total. The van der Waals surface area contributed by atoms with Gasteiger partial charge in [0.05, 0.1) is 27.4 Å². The molecule has 0 saturated carbocycles. The molecule has 2 heterocycles. The van der Waals surface area contributed by atoms with E-state index in [9.17, 15) is 22.8 Å². The number of fused-ring (bicyclic) bond motifs is 3. The number of anilines is 1. The van der Waals surface area contributed by atoms with Gasteiger partial charge in [0.2, 0.25) is 11.7 Å². The van der Waals surface area contributed by atoms with E-state index in [0.29, 0.717) is 28.4 Å². The highest BCUT2D eigenvalue weighted by molar-refractivity contribution is 8.00. The molecule has 1 atom stereocenters. The number of nitrogens with zero attached hydrogens (tertiary/aromatic N) is 4. The number of halogens is 3. The quantitative estimate of drug-likeness (QED) is 0.370. The zero-order valence-corrected chi connectivity index (χ0v) is 19.3. The van der Waals surface area contributed by atoms with Gasteiger partial charge in [-0.25, -0.2) is 0 Å². The molecule has 0 saturated heterocycles. The molecule has 0 bridgehead atoms. The van der Waals surface area contributed by atoms with Crippen molar-refractivity contribution in [2.24, 2.45) is 0 Å². The van der Waals surface area contributed by atoms with Gasteiger partial charge in [-0.1, -0.05) is 49.4 Å². The smallest absolute Gasteiger partial charge is 0.325 e. The van der Waals surface area contributed by atoms with Crippen LogP contribution in [0.2, 0.25) is 0 Å². The molecule has 34 heavy (non-hydrogen) atoms. The monoisotopic (exact) mass is 489 g/mol. The predicted octanol–water partition coefficient (Wildman–Crippen LogP) is 4.98. The second kappa shape index (κ2) is 9.49. The van der Waals surface area contributed by atoms with Crippen LogP contribution in [0.15, 0.2) is 58.5 Å². The highest BCUT2D eigenvalue weighted by atomic mass is 32.2. The van der Waals surface area contributed by atoms with Crippen LogP contribution in [0.4, 0.5) is 18.9 Å². The van der Waals surface area contributed by atoms with E-state index in [0.717, 1.165) is 30.7 Å². The number of nitrogens with one attached hydrogen (secondary N) is 1. The van der Waals surface area contributed by atoms with Gasteiger partial charge in [-0.15, -0.1) is 10.2 Å². The molecule has 0 aliphatic rings. The molecule has 4 rings (SSSR count). The van der Waals surface area contributed by atoms with Crippen LogP contribution in [0.3, 0.4) is 0 Å². The van der Waals surface area contributed by atoms with Gasteiger partial charge in [-0.2, -0.15) is 13.2 Å². The van der Waals surface area contributed by atoms with E-state index in [1.807, 2.05) is 6.92 Å². The van der Waals surface area contributed by atoms with E-state index in [-0.39, 0.29) is 11.2 Å². The van der Waals surface area contributed by atoms with E-state index in [1.165, 1.54) is 18.2 Å². The number of thioether (sulfide) groups is 1. The molecular formula is C23H22F3N5O2S. The molecule has 0 fully saturated rings. The van der Waals surface area contributed by atoms with Crippen molar-refractivity contribution in [3.05, 3.63) is 64.4 Å². The number of carbonyl (C=O) groups is 1. The van der Waals surface area contributed by atoms with Crippen molar-refractivity contribution in [2.75, 3.05) is 5.32 Å². The minimum Gasteiger partial charge on any atom is -0.325 e. The van der Waals surface area contributed by atoms with Gasteiger partial charge in [0.25, 0.3) is 5.56 Å². The third-order valence-electron chi connectivity index (χ3n) is 5.36. The number of rotatable bonds is 7. The summed E-state index contributed by atoms with van der Waals surface area (Å²) >= 11 is 1.05. The van der Waals surface area contributed by atoms with Gasteiger partial charge in [-0.05, 0) is 37.6 Å². The Morgan fingerprint density at radius 3 is 2.56 bits per heavy atom. The summed E-state index contributed by atoms with van der Waals surface area (Å²) in [5, 5.41) is 10.8. The number of hydrogen-bond donors (Lipinski definition) is 1. The summed E-state index contributed by atoms with van der Waals surface area (Å²) in [6.45, 7) is 4.06. The number of amides is 1. The van der Waals surface area contributed by atoms with Crippen molar-refractivity contribution < 1.29 is 18.0 Å². The van der Waals surface area contributed by atoms with Crippen molar-refractivity contribution >= 4 is 40.0 Å². The lowest BCUT2D eigenvalue weighted by Crippen LogP contribution is -2.25. The number of carbonyl (C=O) groups excluding carboxylic acids is 1. The molecule has 2 aromatic heterocycles. The fourth-order valence-electron chi connectivity index (χ4n) is 3.61. The topological polar surface area (TPSA) is 81.3 Å². The molecule has 1 amide bonds. The van der Waals surface area contributed by atoms with Crippen LogP contribution in [-0.2, 0) is 17.5 Å². The summed E-state index contributed by atoms with van der Waals surface area (Å²) in [6, 6.07) is 11.9. The van der Waals surface area contributed by atoms with Crippen molar-refractivity contribution in [1.82, 2.24) is 19.2 Å². The Morgan fingerprint density at radius 2 is 1.82 bits per heavy atom. The number of benzene rings is 2. The predicted molar refractivity (Wildman–Crippen MR) is 125 cm³/mol. The Bertz CT molecular complexity index is 1410. The Balaban J connectivity index is 1.69. The molecule has 178 valence electrons. The lowest BCUT2D eigenvalue weighted by molar-refractivity contribution is -0.137. The molecule has 0 radical (unpaired) electrons. The number of unbranched alkanes of at least 4 members (excludes halogenated alkanes) is 1. The largest absolute Gasteiger partial charge is 0.418 e. The molecule has 7 nitrogen and oxygen atoms in total. The van der Waals surface area contributed by atoms with E-state index in [1.54, 1.807) is 40.2 Å². The van der Waals surface area contributed by atoms with Gasteiger partial charge in [-0.3, -0.25) is 18.6 Å². The normalized spacial score (nSPS) is 12.9. The van der Waals surface area contributed by atoms with E-state index >= 15 is 0 Å². The maximum absolute atomic E-state index is 13.3. The maximum Gasteiger partial charge on any atom is 0.418 e. The number of para-hydroxylation sites is 2. The average molecular weight is 490 g/mol. The Kier molecular flexibility index (Phi) is 6.65. The minimum absolute atomic E-state index is 0.171. The zero-order valence-electron chi connectivity index (χ0n) is 18.5. The fraction of sp³-hybridized carbons (Fsp3) is 0.304. The molecule has 1 unspecified atom stereocenters. The second-order valence-electron chi connectivity index (χ2n) is 7.74. The summed E-state index contributed by atoms with van der Waals surface area (Å²) in [7, 11) is 0. The first kappa shape index (κ1) is 23.8. The molecule has 2 aromatic carbocycles. The summed E-state index contributed by atoms with van der Waals surface area (Å²) in [4.78, 5) is 25.8. The molecular weight excluding hydrogens is 467 g/mol. The van der Waals surface area contributed by atoms with Crippen molar-refractivity contribution in [2.45, 2.75) is 49.8 Å². The third-order valence-corrected chi connectivity index (χ3v) is 6.40. The van der Waals surface area contributed by atoms with Crippen LogP contribution in [-0.4, -0.2) is 30.3 Å². The highest BCUT2D eigenvalue weighted by Crippen LogP contribution is 2.35. The van der Waals surface area contributed by atoms with Gasteiger partial charge >= 0.3 is 6.18 Å². The molecule has 4 aromatic rings. The molecule has 0 spiro atoms. The van der Waals surface area contributed by atoms with E-state index in [2.05, 4.69) is 15.5 Å². The zero-order chi connectivity index (χ0) is 24.5. The van der Waals surface area contributed by atoms with Crippen molar-refractivity contribution in [3.8, 4) is 0 Å². The van der Waals surface area contributed by atoms with Crippen LogP contribution in [0, 0.1) is 0 Å². The first-order valence-electron chi connectivity index (χ1n) is 10.7. The first-order valence-corrected chi connectivity index (χ1v) is 11.6. The molecule has 11 heteroatoms. The SMILES string of the molecule is CCCCn1c(=O)c2ccccc2n2c(SC(C)C(=O)Nc3ccccc3C(F)(F)F)nnc12. The second-order valence-corrected chi connectivity index (χ2v) is 9.05. The van der Waals surface area contributed by atoms with Crippen LogP contribution in [0.5, 0.6) is 0 Å². The summed E-state index contributed by atoms with van der Waals surface area (Å²) in [5.74, 6) is -0.253. The fourth-order valence-corrected chi connectivity index (χ4v) is 4.47. The van der Waals surface area contributed by atoms with Gasteiger partial charge in [0, 0.05) is 6.54 Å². The summed E-state index contributed by atoms with van der Waals surface area (Å²) in [5.41, 5.74) is -0.801. The lowest BCUT2D eigenvalue weighted by atomic mass is 10.1. The van der Waals surface area contributed by atoms with Crippen LogP contribution in [0.1, 0.15) is 32.3 Å². The average Bonchev–Trinajstić information content (AvgIpc) is 3.22. The van der Waals surface area contributed by atoms with Crippen molar-refractivity contribution in [1.29, 1.82) is 0 Å². The number of alkyl halides is 3. The van der Waals surface area contributed by atoms with Gasteiger partial charge < -0.3 is 5.32 Å². The Labute approximate surface area is 197 Å². The lowest BCUT2D eigenvalue weighted by Gasteiger charge is -2.16. The van der Waals surface area contributed by atoms with Gasteiger partial charge in [0.15, 0.2) is 5.16 Å². The van der Waals surface area contributed by atoms with Gasteiger partial charge in [0.1, 0.15) is 0 Å². The highest BCUT2D eigenvalue weighted by Gasteiger charge is 2.34.